The predicted molar refractivity (Wildman–Crippen MR) is 88.5 cm³/mol. The normalized spacial score (nSPS) is 33.4. The van der Waals surface area contributed by atoms with Crippen LogP contribution in [0, 0.1) is 16.7 Å². The van der Waals surface area contributed by atoms with Crippen molar-refractivity contribution in [2.24, 2.45) is 16.7 Å². The third-order valence-corrected chi connectivity index (χ3v) is 7.18. The van der Waals surface area contributed by atoms with Crippen molar-refractivity contribution in [2.45, 2.75) is 52.7 Å². The van der Waals surface area contributed by atoms with Gasteiger partial charge in [-0.1, -0.05) is 36.7 Å². The molecule has 2 saturated carbocycles. The van der Waals surface area contributed by atoms with Crippen LogP contribution in [-0.2, 0) is 11.3 Å². The molecule has 3 unspecified atom stereocenters. The Morgan fingerprint density at radius 1 is 1.29 bits per heavy atom. The monoisotopic (exact) mass is 352 g/mol. The van der Waals surface area contributed by atoms with Crippen molar-refractivity contribution in [2.75, 3.05) is 7.11 Å². The summed E-state index contributed by atoms with van der Waals surface area (Å²) in [6.45, 7) is 7.93. The zero-order valence-electron chi connectivity index (χ0n) is 13.4. The molecule has 21 heavy (non-hydrogen) atoms. The Balaban J connectivity index is 1.72. The average molecular weight is 353 g/mol. The minimum atomic E-state index is 0.322. The summed E-state index contributed by atoms with van der Waals surface area (Å²) in [4.78, 5) is 0. The number of halogens is 1. The van der Waals surface area contributed by atoms with Crippen molar-refractivity contribution < 1.29 is 9.47 Å². The van der Waals surface area contributed by atoms with E-state index in [2.05, 4.69) is 42.8 Å². The van der Waals surface area contributed by atoms with Crippen molar-refractivity contribution in [3.63, 3.8) is 0 Å². The fourth-order valence-corrected chi connectivity index (χ4v) is 4.72. The first-order valence-corrected chi connectivity index (χ1v) is 8.62. The molecule has 2 fully saturated rings. The van der Waals surface area contributed by atoms with Crippen molar-refractivity contribution in [3.8, 4) is 5.75 Å². The summed E-state index contributed by atoms with van der Waals surface area (Å²) in [5.74, 6) is 1.71. The number of methoxy groups -OCH3 is 1. The SMILES string of the molecule is COc1ccc(Br)c(COC2CC3CCC2(C)C3(C)C)c1. The van der Waals surface area contributed by atoms with Gasteiger partial charge >= 0.3 is 0 Å². The smallest absolute Gasteiger partial charge is 0.119 e. The van der Waals surface area contributed by atoms with E-state index in [0.717, 1.165) is 16.1 Å². The van der Waals surface area contributed by atoms with Gasteiger partial charge in [0.15, 0.2) is 0 Å². The summed E-state index contributed by atoms with van der Waals surface area (Å²) in [6.07, 6.45) is 4.26. The van der Waals surface area contributed by atoms with E-state index in [4.69, 9.17) is 9.47 Å². The lowest BCUT2D eigenvalue weighted by Crippen LogP contribution is -2.37. The molecule has 0 amide bonds. The second kappa shape index (κ2) is 5.27. The van der Waals surface area contributed by atoms with E-state index in [-0.39, 0.29) is 0 Å². The van der Waals surface area contributed by atoms with Gasteiger partial charge in [-0.25, -0.2) is 0 Å². The van der Waals surface area contributed by atoms with Crippen LogP contribution in [0.4, 0.5) is 0 Å². The molecule has 116 valence electrons. The van der Waals surface area contributed by atoms with Gasteiger partial charge in [-0.15, -0.1) is 0 Å². The summed E-state index contributed by atoms with van der Waals surface area (Å²) in [5.41, 5.74) is 1.89. The van der Waals surface area contributed by atoms with Crippen molar-refractivity contribution >= 4 is 15.9 Å². The van der Waals surface area contributed by atoms with Gasteiger partial charge in [0.1, 0.15) is 5.75 Å². The van der Waals surface area contributed by atoms with E-state index in [1.807, 2.05) is 12.1 Å². The van der Waals surface area contributed by atoms with Crippen LogP contribution in [0.5, 0.6) is 5.75 Å². The third kappa shape index (κ3) is 2.33. The number of ether oxygens (including phenoxy) is 2. The molecule has 2 aliphatic carbocycles. The summed E-state index contributed by atoms with van der Waals surface area (Å²) in [6, 6.07) is 6.06. The highest BCUT2D eigenvalue weighted by molar-refractivity contribution is 9.10. The Bertz CT molecular complexity index is 540. The van der Waals surface area contributed by atoms with Gasteiger partial charge in [0, 0.05) is 4.47 Å². The van der Waals surface area contributed by atoms with Crippen molar-refractivity contribution in [3.05, 3.63) is 28.2 Å². The predicted octanol–water partition coefficient (Wildman–Crippen LogP) is 5.19. The molecule has 0 aromatic heterocycles. The van der Waals surface area contributed by atoms with Crippen LogP contribution in [0.2, 0.25) is 0 Å². The highest BCUT2D eigenvalue weighted by Crippen LogP contribution is 2.66. The highest BCUT2D eigenvalue weighted by atomic mass is 79.9. The number of hydrogen-bond acceptors (Lipinski definition) is 2. The molecule has 1 aromatic carbocycles. The van der Waals surface area contributed by atoms with Crippen LogP contribution in [0.3, 0.4) is 0 Å². The molecule has 0 heterocycles. The first-order valence-electron chi connectivity index (χ1n) is 7.82. The van der Waals surface area contributed by atoms with Crippen LogP contribution >= 0.6 is 15.9 Å². The Labute approximate surface area is 136 Å². The maximum atomic E-state index is 6.36. The van der Waals surface area contributed by atoms with E-state index < -0.39 is 0 Å². The van der Waals surface area contributed by atoms with Crippen LogP contribution in [-0.4, -0.2) is 13.2 Å². The number of hydrogen-bond donors (Lipinski definition) is 0. The van der Waals surface area contributed by atoms with Crippen LogP contribution < -0.4 is 4.74 Å². The minimum absolute atomic E-state index is 0.322. The average Bonchev–Trinajstić information content (AvgIpc) is 2.79. The first-order chi connectivity index (χ1) is 9.88. The molecule has 1 aromatic rings. The fourth-order valence-electron chi connectivity index (χ4n) is 4.36. The Hall–Kier alpha value is -0.540. The molecule has 0 N–H and O–H groups in total. The lowest BCUT2D eigenvalue weighted by atomic mass is 9.70. The van der Waals surface area contributed by atoms with Gasteiger partial charge < -0.3 is 9.47 Å². The van der Waals surface area contributed by atoms with Gasteiger partial charge in [-0.3, -0.25) is 0 Å². The largest absolute Gasteiger partial charge is 0.497 e. The summed E-state index contributed by atoms with van der Waals surface area (Å²) >= 11 is 3.61. The van der Waals surface area contributed by atoms with Crippen molar-refractivity contribution in [1.29, 1.82) is 0 Å². The van der Waals surface area contributed by atoms with Gasteiger partial charge in [0.25, 0.3) is 0 Å². The molecule has 3 atom stereocenters. The molecule has 0 aliphatic heterocycles. The molecule has 0 saturated heterocycles. The van der Waals surface area contributed by atoms with Crippen LogP contribution in [0.1, 0.15) is 45.6 Å². The van der Waals surface area contributed by atoms with Gasteiger partial charge in [0.05, 0.1) is 19.8 Å². The molecular weight excluding hydrogens is 328 g/mol. The molecule has 2 aliphatic rings. The van der Waals surface area contributed by atoms with Crippen LogP contribution in [0.25, 0.3) is 0 Å². The lowest BCUT2D eigenvalue weighted by molar-refractivity contribution is -0.0552. The van der Waals surface area contributed by atoms with Crippen LogP contribution in [0.15, 0.2) is 22.7 Å². The topological polar surface area (TPSA) is 18.5 Å². The Kier molecular flexibility index (Phi) is 3.86. The first kappa shape index (κ1) is 15.4. The molecule has 2 nitrogen and oxygen atoms in total. The maximum Gasteiger partial charge on any atom is 0.119 e. The summed E-state index contributed by atoms with van der Waals surface area (Å²) < 4.78 is 12.8. The minimum Gasteiger partial charge on any atom is -0.497 e. The number of rotatable bonds is 4. The molecule has 0 spiro atoms. The van der Waals surface area contributed by atoms with Gasteiger partial charge in [0.2, 0.25) is 0 Å². The molecule has 0 radical (unpaired) electrons. The maximum absolute atomic E-state index is 6.36. The Morgan fingerprint density at radius 3 is 2.62 bits per heavy atom. The molecule has 3 heteroatoms. The third-order valence-electron chi connectivity index (χ3n) is 6.41. The number of benzene rings is 1. The zero-order chi connectivity index (χ0) is 15.3. The highest BCUT2D eigenvalue weighted by Gasteiger charge is 2.61. The van der Waals surface area contributed by atoms with E-state index in [0.29, 0.717) is 23.5 Å². The fraction of sp³-hybridized carbons (Fsp3) is 0.667. The van der Waals surface area contributed by atoms with Crippen molar-refractivity contribution in [1.82, 2.24) is 0 Å². The second-order valence-corrected chi connectivity index (χ2v) is 8.22. The van der Waals surface area contributed by atoms with Gasteiger partial charge in [-0.05, 0) is 59.8 Å². The molecule has 3 rings (SSSR count). The molecular formula is C18H25BrO2. The van der Waals surface area contributed by atoms with E-state index in [1.165, 1.54) is 24.8 Å². The van der Waals surface area contributed by atoms with E-state index in [9.17, 15) is 0 Å². The second-order valence-electron chi connectivity index (χ2n) is 7.37. The zero-order valence-corrected chi connectivity index (χ0v) is 15.0. The Morgan fingerprint density at radius 2 is 2.05 bits per heavy atom. The summed E-state index contributed by atoms with van der Waals surface area (Å²) in [7, 11) is 1.70. The standard InChI is InChI=1S/C18H25BrO2/c1-17(2)13-7-8-18(17,3)16(10-13)21-11-12-9-14(20-4)5-6-15(12)19/h5-6,9,13,16H,7-8,10-11H2,1-4H3. The number of fused-ring (bicyclic) bond motifs is 2. The van der Waals surface area contributed by atoms with E-state index in [1.54, 1.807) is 7.11 Å². The van der Waals surface area contributed by atoms with E-state index >= 15 is 0 Å². The lowest BCUT2D eigenvalue weighted by Gasteiger charge is -2.39. The summed E-state index contributed by atoms with van der Waals surface area (Å²) in [5, 5.41) is 0. The molecule has 2 bridgehead atoms. The quantitative estimate of drug-likeness (QED) is 0.742. The van der Waals surface area contributed by atoms with Gasteiger partial charge in [-0.2, -0.15) is 0 Å².